The highest BCUT2D eigenvalue weighted by molar-refractivity contribution is 6.05. The number of benzene rings is 7. The van der Waals surface area contributed by atoms with Crippen LogP contribution in [0.4, 0.5) is 14.5 Å². The number of ether oxygens (including phenoxy) is 3. The minimum absolute atomic E-state index is 0.0400. The van der Waals surface area contributed by atoms with Crippen molar-refractivity contribution < 1.29 is 27.8 Å². The predicted molar refractivity (Wildman–Crippen MR) is 259 cm³/mol. The molecule has 2 aliphatic heterocycles. The van der Waals surface area contributed by atoms with Crippen LogP contribution in [0.15, 0.2) is 158 Å². The van der Waals surface area contributed by atoms with Crippen LogP contribution in [0.25, 0.3) is 39.1 Å². The lowest BCUT2D eigenvalue weighted by molar-refractivity contribution is -0.185. The molecule has 0 saturated carbocycles. The first-order chi connectivity index (χ1) is 31.7. The summed E-state index contributed by atoms with van der Waals surface area (Å²) in [5.41, 5.74) is 7.74. The molecule has 65 heavy (non-hydrogen) atoms. The molecule has 0 amide bonds. The molecule has 0 radical (unpaired) electrons. The normalized spacial score (nSPS) is 15.9. The van der Waals surface area contributed by atoms with Crippen LogP contribution in [0.3, 0.4) is 0 Å². The molecule has 1 saturated heterocycles. The third-order valence-electron chi connectivity index (χ3n) is 12.9. The Bertz CT molecular complexity index is 2760. The number of hydrogen-bond acceptors (Lipinski definition) is 5. The molecule has 1 unspecified atom stereocenters. The van der Waals surface area contributed by atoms with Gasteiger partial charge in [-0.2, -0.15) is 8.78 Å². The summed E-state index contributed by atoms with van der Waals surface area (Å²) >= 11 is 0. The van der Waals surface area contributed by atoms with E-state index in [1.807, 2.05) is 54.6 Å². The van der Waals surface area contributed by atoms with Gasteiger partial charge < -0.3 is 19.1 Å². The Hall–Kier alpha value is -6.73. The minimum Gasteiger partial charge on any atom is -0.472 e. The van der Waals surface area contributed by atoms with Crippen LogP contribution >= 0.6 is 0 Å². The van der Waals surface area contributed by atoms with Crippen molar-refractivity contribution in [3.05, 3.63) is 191 Å². The summed E-state index contributed by atoms with van der Waals surface area (Å²) in [6, 6.07) is 47.9. The van der Waals surface area contributed by atoms with E-state index in [-0.39, 0.29) is 17.9 Å². The van der Waals surface area contributed by atoms with Gasteiger partial charge in [0.05, 0.1) is 17.7 Å². The Balaban J connectivity index is 0.972. The zero-order chi connectivity index (χ0) is 44.8. The molecular formula is C58H55F2NO4. The van der Waals surface area contributed by atoms with Gasteiger partial charge in [-0.25, -0.2) is 4.79 Å². The zero-order valence-corrected chi connectivity index (χ0v) is 37.2. The fourth-order valence-electron chi connectivity index (χ4n) is 9.25. The van der Waals surface area contributed by atoms with Crippen molar-refractivity contribution in [3.63, 3.8) is 0 Å². The average Bonchev–Trinajstić information content (AvgIpc) is 3.35. The van der Waals surface area contributed by atoms with E-state index in [1.54, 1.807) is 43.3 Å². The SMILES string of the molecule is CCCCCCc1ccc(-c2ccc(C(F)(F)Oc3ccc(-c4ccc5c6c(c(C(=O)OCC)cc5c4)C=CC(c4ccccc4)(c4ccc(N5CCCCC5)cc4)O6)cc3)cc2)cc1. The van der Waals surface area contributed by atoms with E-state index < -0.39 is 17.7 Å². The van der Waals surface area contributed by atoms with Gasteiger partial charge in [0.2, 0.25) is 0 Å². The van der Waals surface area contributed by atoms with Crippen LogP contribution < -0.4 is 14.4 Å². The van der Waals surface area contributed by atoms with Crippen molar-refractivity contribution in [2.24, 2.45) is 0 Å². The highest BCUT2D eigenvalue weighted by Crippen LogP contribution is 2.47. The van der Waals surface area contributed by atoms with Gasteiger partial charge in [0.25, 0.3) is 0 Å². The number of carbonyl (C=O) groups excluding carboxylic acids is 1. The number of halogens is 2. The third-order valence-corrected chi connectivity index (χ3v) is 12.9. The highest BCUT2D eigenvalue weighted by Gasteiger charge is 2.39. The number of alkyl halides is 2. The quantitative estimate of drug-likeness (QED) is 0.0759. The summed E-state index contributed by atoms with van der Waals surface area (Å²) in [4.78, 5) is 16.0. The largest absolute Gasteiger partial charge is 0.472 e. The summed E-state index contributed by atoms with van der Waals surface area (Å²) < 4.78 is 49.3. The van der Waals surface area contributed by atoms with Crippen LogP contribution in [0.5, 0.6) is 11.5 Å². The van der Waals surface area contributed by atoms with Crippen LogP contribution in [0.2, 0.25) is 0 Å². The van der Waals surface area contributed by atoms with Crippen molar-refractivity contribution in [1.29, 1.82) is 0 Å². The lowest BCUT2D eigenvalue weighted by atomic mass is 9.82. The van der Waals surface area contributed by atoms with Crippen LogP contribution in [-0.4, -0.2) is 25.7 Å². The number of esters is 1. The third kappa shape index (κ3) is 9.28. The van der Waals surface area contributed by atoms with E-state index in [0.717, 1.165) is 63.7 Å². The number of aryl methyl sites for hydroxylation is 1. The maximum Gasteiger partial charge on any atom is 0.426 e. The zero-order valence-electron chi connectivity index (χ0n) is 37.2. The van der Waals surface area contributed by atoms with Crippen molar-refractivity contribution in [2.45, 2.75) is 76.9 Å². The maximum atomic E-state index is 15.6. The Morgan fingerprint density at radius 2 is 1.34 bits per heavy atom. The molecule has 9 rings (SSSR count). The minimum atomic E-state index is -3.55. The molecule has 0 aliphatic carbocycles. The molecule has 330 valence electrons. The second kappa shape index (κ2) is 19.2. The fourth-order valence-corrected chi connectivity index (χ4v) is 9.25. The second-order valence-electron chi connectivity index (χ2n) is 17.2. The van der Waals surface area contributed by atoms with Crippen molar-refractivity contribution in [2.75, 3.05) is 24.6 Å². The summed E-state index contributed by atoms with van der Waals surface area (Å²) in [5.74, 6) is 0.175. The Kier molecular flexibility index (Phi) is 12.8. The lowest BCUT2D eigenvalue weighted by Gasteiger charge is -2.37. The van der Waals surface area contributed by atoms with Crippen molar-refractivity contribution in [1.82, 2.24) is 0 Å². The standard InChI is InChI=1S/C58H55F2NO4/c1-3-5-6-9-14-41-17-19-42(20-18-41)43-21-26-49(27-22-43)58(59,60)64-51-32-23-44(24-33-51)45-25-34-52-46(39-45)40-54(56(62)63-4-2)53-35-36-57(65-55(52)53,47-15-10-7-11-16-47)48-28-30-50(31-29-48)61-37-12-8-13-38-61/h7,10-11,15-36,39-40H,3-6,8-9,12-14,37-38H2,1-2H3. The number of hydrogen-bond donors (Lipinski definition) is 0. The molecule has 0 bridgehead atoms. The number of carbonyl (C=O) groups is 1. The first-order valence-corrected chi connectivity index (χ1v) is 23.2. The van der Waals surface area contributed by atoms with Gasteiger partial charge in [-0.3, -0.25) is 0 Å². The highest BCUT2D eigenvalue weighted by atomic mass is 19.3. The van der Waals surface area contributed by atoms with Gasteiger partial charge in [0, 0.05) is 40.9 Å². The van der Waals surface area contributed by atoms with Crippen LogP contribution in [0.1, 0.15) is 97.0 Å². The van der Waals surface area contributed by atoms with Gasteiger partial charge >= 0.3 is 12.1 Å². The second-order valence-corrected chi connectivity index (χ2v) is 17.2. The number of anilines is 1. The Morgan fingerprint density at radius 3 is 2.03 bits per heavy atom. The van der Waals surface area contributed by atoms with Gasteiger partial charge in [-0.15, -0.1) is 0 Å². The maximum absolute atomic E-state index is 15.6. The summed E-state index contributed by atoms with van der Waals surface area (Å²) in [6.45, 7) is 6.33. The van der Waals surface area contributed by atoms with E-state index in [9.17, 15) is 4.79 Å². The van der Waals surface area contributed by atoms with Gasteiger partial charge in [-0.05, 0) is 133 Å². The van der Waals surface area contributed by atoms with E-state index in [2.05, 4.69) is 72.5 Å². The lowest BCUT2D eigenvalue weighted by Crippen LogP contribution is -2.35. The summed E-state index contributed by atoms with van der Waals surface area (Å²) in [6.07, 6.45) is 10.0. The molecule has 5 nitrogen and oxygen atoms in total. The van der Waals surface area contributed by atoms with Gasteiger partial charge in [0.1, 0.15) is 11.5 Å². The average molecular weight is 868 g/mol. The number of fused-ring (bicyclic) bond motifs is 3. The number of unbranched alkanes of at least 4 members (excludes halogenated alkanes) is 3. The first kappa shape index (κ1) is 43.5. The van der Waals surface area contributed by atoms with E-state index in [0.29, 0.717) is 16.9 Å². The van der Waals surface area contributed by atoms with E-state index in [4.69, 9.17) is 14.2 Å². The molecule has 7 aromatic carbocycles. The number of piperidine rings is 1. The van der Waals surface area contributed by atoms with Crippen LogP contribution in [-0.2, 0) is 22.9 Å². The molecule has 0 N–H and O–H groups in total. The molecule has 1 fully saturated rings. The summed E-state index contributed by atoms with van der Waals surface area (Å²) in [7, 11) is 0. The predicted octanol–water partition coefficient (Wildman–Crippen LogP) is 14.9. The summed E-state index contributed by atoms with van der Waals surface area (Å²) in [5, 5.41) is 1.60. The van der Waals surface area contributed by atoms with Crippen LogP contribution in [0, 0.1) is 0 Å². The molecule has 1 atom stereocenters. The fraction of sp³-hybridized carbons (Fsp3) is 0.259. The van der Waals surface area contributed by atoms with E-state index in [1.165, 1.54) is 68.3 Å². The first-order valence-electron chi connectivity index (χ1n) is 23.2. The monoisotopic (exact) mass is 867 g/mol. The number of nitrogens with zero attached hydrogens (tertiary/aromatic N) is 1. The van der Waals surface area contributed by atoms with Crippen molar-refractivity contribution >= 4 is 28.5 Å². The molecular weight excluding hydrogens is 813 g/mol. The number of rotatable bonds is 15. The molecule has 0 aromatic heterocycles. The van der Waals surface area contributed by atoms with Crippen molar-refractivity contribution in [3.8, 4) is 33.8 Å². The smallest absolute Gasteiger partial charge is 0.426 e. The Labute approximate surface area is 381 Å². The molecule has 2 heterocycles. The topological polar surface area (TPSA) is 48.0 Å². The molecule has 0 spiro atoms. The van der Waals surface area contributed by atoms with Gasteiger partial charge in [0.15, 0.2) is 5.60 Å². The molecule has 7 heteroatoms. The van der Waals surface area contributed by atoms with Gasteiger partial charge in [-0.1, -0.05) is 129 Å². The Morgan fingerprint density at radius 1 is 0.692 bits per heavy atom. The molecule has 2 aliphatic rings. The van der Waals surface area contributed by atoms with E-state index >= 15 is 8.78 Å². The molecule has 7 aromatic rings.